The first kappa shape index (κ1) is 13.2. The molecule has 1 aromatic rings. The number of benzene rings is 1. The molecule has 1 fully saturated rings. The van der Waals surface area contributed by atoms with E-state index in [2.05, 4.69) is 9.64 Å². The van der Waals surface area contributed by atoms with Crippen LogP contribution in [-0.4, -0.2) is 24.4 Å². The Kier molecular flexibility index (Phi) is 4.11. The lowest BCUT2D eigenvalue weighted by Crippen LogP contribution is -2.29. The smallest absolute Gasteiger partial charge is 0.406 e. The van der Waals surface area contributed by atoms with Crippen LogP contribution in [0.1, 0.15) is 24.8 Å². The summed E-state index contributed by atoms with van der Waals surface area (Å²) in [5.74, 6) is -0.162. The standard InChI is InChI=1S/C13H16F3NO/c14-13(15,16)18-12-6-4-11(5-7-12)10-17-8-2-1-3-9-17/h4-7H,1-3,8-10H2. The highest BCUT2D eigenvalue weighted by Crippen LogP contribution is 2.23. The summed E-state index contributed by atoms with van der Waals surface area (Å²) < 4.78 is 39.8. The third kappa shape index (κ3) is 4.22. The van der Waals surface area contributed by atoms with Crippen LogP contribution in [0.3, 0.4) is 0 Å². The Morgan fingerprint density at radius 1 is 1.00 bits per heavy atom. The number of likely N-dealkylation sites (tertiary alicyclic amines) is 1. The molecular formula is C13H16F3NO. The molecule has 1 aliphatic rings. The van der Waals surface area contributed by atoms with Crippen LogP contribution in [0.25, 0.3) is 0 Å². The molecule has 18 heavy (non-hydrogen) atoms. The van der Waals surface area contributed by atoms with E-state index in [1.165, 1.54) is 31.4 Å². The fourth-order valence-corrected chi connectivity index (χ4v) is 2.17. The molecule has 0 atom stereocenters. The van der Waals surface area contributed by atoms with Crippen LogP contribution in [0.5, 0.6) is 5.75 Å². The minimum absolute atomic E-state index is 0.162. The minimum Gasteiger partial charge on any atom is -0.406 e. The van der Waals surface area contributed by atoms with Gasteiger partial charge < -0.3 is 4.74 Å². The van der Waals surface area contributed by atoms with Crippen molar-refractivity contribution in [1.82, 2.24) is 4.90 Å². The Balaban J connectivity index is 1.90. The Morgan fingerprint density at radius 2 is 1.61 bits per heavy atom. The normalized spacial score (nSPS) is 17.7. The number of nitrogens with zero attached hydrogens (tertiary/aromatic N) is 1. The van der Waals surface area contributed by atoms with Crippen molar-refractivity contribution < 1.29 is 17.9 Å². The van der Waals surface area contributed by atoms with Crippen molar-refractivity contribution in [3.63, 3.8) is 0 Å². The lowest BCUT2D eigenvalue weighted by molar-refractivity contribution is -0.274. The number of hydrogen-bond acceptors (Lipinski definition) is 2. The van der Waals surface area contributed by atoms with Crippen molar-refractivity contribution in [2.75, 3.05) is 13.1 Å². The van der Waals surface area contributed by atoms with E-state index in [0.29, 0.717) is 0 Å². The van der Waals surface area contributed by atoms with E-state index in [4.69, 9.17) is 0 Å². The second kappa shape index (κ2) is 5.61. The van der Waals surface area contributed by atoms with Gasteiger partial charge in [-0.1, -0.05) is 18.6 Å². The lowest BCUT2D eigenvalue weighted by atomic mass is 10.1. The van der Waals surface area contributed by atoms with Crippen LogP contribution in [0, 0.1) is 0 Å². The van der Waals surface area contributed by atoms with E-state index < -0.39 is 6.36 Å². The molecule has 0 amide bonds. The van der Waals surface area contributed by atoms with Gasteiger partial charge in [0.05, 0.1) is 0 Å². The predicted molar refractivity (Wildman–Crippen MR) is 62.3 cm³/mol. The van der Waals surface area contributed by atoms with Crippen molar-refractivity contribution >= 4 is 0 Å². The zero-order valence-electron chi connectivity index (χ0n) is 10.0. The summed E-state index contributed by atoms with van der Waals surface area (Å²) in [6.07, 6.45) is -0.937. The maximum absolute atomic E-state index is 12.0. The van der Waals surface area contributed by atoms with E-state index in [-0.39, 0.29) is 5.75 Å². The van der Waals surface area contributed by atoms with Crippen LogP contribution < -0.4 is 4.74 Å². The molecule has 1 saturated heterocycles. The molecule has 5 heteroatoms. The zero-order valence-corrected chi connectivity index (χ0v) is 10.0. The first-order chi connectivity index (χ1) is 8.53. The van der Waals surface area contributed by atoms with Gasteiger partial charge in [0.1, 0.15) is 5.75 Å². The van der Waals surface area contributed by atoms with Gasteiger partial charge >= 0.3 is 6.36 Å². The molecule has 0 aromatic heterocycles. The summed E-state index contributed by atoms with van der Waals surface area (Å²) in [6.45, 7) is 2.94. The van der Waals surface area contributed by atoms with Crippen LogP contribution >= 0.6 is 0 Å². The van der Waals surface area contributed by atoms with Crippen LogP contribution in [0.2, 0.25) is 0 Å². The molecule has 1 heterocycles. The van der Waals surface area contributed by atoms with Gasteiger partial charge in [0, 0.05) is 6.54 Å². The monoisotopic (exact) mass is 259 g/mol. The maximum atomic E-state index is 12.0. The molecule has 100 valence electrons. The van der Waals surface area contributed by atoms with Crippen LogP contribution in [0.15, 0.2) is 24.3 Å². The Morgan fingerprint density at radius 3 is 2.17 bits per heavy atom. The second-order valence-electron chi connectivity index (χ2n) is 4.53. The molecule has 1 aromatic carbocycles. The average molecular weight is 259 g/mol. The highest BCUT2D eigenvalue weighted by Gasteiger charge is 2.30. The van der Waals surface area contributed by atoms with Gasteiger partial charge in [0.15, 0.2) is 0 Å². The van der Waals surface area contributed by atoms with E-state index in [1.54, 1.807) is 12.1 Å². The molecule has 0 aliphatic carbocycles. The summed E-state index contributed by atoms with van der Waals surface area (Å²) in [4.78, 5) is 2.32. The maximum Gasteiger partial charge on any atom is 0.573 e. The second-order valence-corrected chi connectivity index (χ2v) is 4.53. The SMILES string of the molecule is FC(F)(F)Oc1ccc(CN2CCCCC2)cc1. The summed E-state index contributed by atoms with van der Waals surface area (Å²) in [5.41, 5.74) is 1.02. The summed E-state index contributed by atoms with van der Waals surface area (Å²) in [7, 11) is 0. The Hall–Kier alpha value is -1.23. The number of piperidine rings is 1. The van der Waals surface area contributed by atoms with Gasteiger partial charge in [-0.05, 0) is 43.6 Å². The molecular weight excluding hydrogens is 243 g/mol. The third-order valence-corrected chi connectivity index (χ3v) is 3.01. The van der Waals surface area contributed by atoms with Gasteiger partial charge in [-0.25, -0.2) is 0 Å². The first-order valence-electron chi connectivity index (χ1n) is 6.10. The highest BCUT2D eigenvalue weighted by atomic mass is 19.4. The molecule has 0 spiro atoms. The minimum atomic E-state index is -4.62. The van der Waals surface area contributed by atoms with Gasteiger partial charge in [-0.3, -0.25) is 4.90 Å². The number of hydrogen-bond donors (Lipinski definition) is 0. The molecule has 0 bridgehead atoms. The van der Waals surface area contributed by atoms with Crippen LogP contribution in [-0.2, 0) is 6.54 Å². The summed E-state index contributed by atoms with van der Waals surface area (Å²) in [5, 5.41) is 0. The van der Waals surface area contributed by atoms with E-state index in [9.17, 15) is 13.2 Å². The molecule has 0 N–H and O–H groups in total. The average Bonchev–Trinajstić information content (AvgIpc) is 2.31. The van der Waals surface area contributed by atoms with E-state index >= 15 is 0 Å². The summed E-state index contributed by atoms with van der Waals surface area (Å²) in [6, 6.07) is 6.12. The fourth-order valence-electron chi connectivity index (χ4n) is 2.17. The largest absolute Gasteiger partial charge is 0.573 e. The Bertz CT molecular complexity index is 369. The molecule has 0 radical (unpaired) electrons. The molecule has 1 aliphatic heterocycles. The summed E-state index contributed by atoms with van der Waals surface area (Å²) >= 11 is 0. The molecule has 0 saturated carbocycles. The van der Waals surface area contributed by atoms with Crippen molar-refractivity contribution in [1.29, 1.82) is 0 Å². The van der Waals surface area contributed by atoms with Gasteiger partial charge in [-0.2, -0.15) is 0 Å². The zero-order chi connectivity index (χ0) is 13.0. The number of halogens is 3. The number of ether oxygens (including phenoxy) is 1. The van der Waals surface area contributed by atoms with Gasteiger partial charge in [-0.15, -0.1) is 13.2 Å². The quantitative estimate of drug-likeness (QED) is 0.822. The molecule has 2 rings (SSSR count). The predicted octanol–water partition coefficient (Wildman–Crippen LogP) is 3.57. The molecule has 0 unspecified atom stereocenters. The van der Waals surface area contributed by atoms with Gasteiger partial charge in [0.25, 0.3) is 0 Å². The lowest BCUT2D eigenvalue weighted by Gasteiger charge is -2.26. The number of rotatable bonds is 3. The van der Waals surface area contributed by atoms with Gasteiger partial charge in [0.2, 0.25) is 0 Å². The van der Waals surface area contributed by atoms with Crippen molar-refractivity contribution in [2.24, 2.45) is 0 Å². The molecule has 2 nitrogen and oxygen atoms in total. The van der Waals surface area contributed by atoms with E-state index in [1.807, 2.05) is 0 Å². The number of alkyl halides is 3. The third-order valence-electron chi connectivity index (χ3n) is 3.01. The fraction of sp³-hybridized carbons (Fsp3) is 0.538. The van der Waals surface area contributed by atoms with Crippen molar-refractivity contribution in [3.05, 3.63) is 29.8 Å². The topological polar surface area (TPSA) is 12.5 Å². The highest BCUT2D eigenvalue weighted by molar-refractivity contribution is 5.27. The first-order valence-corrected chi connectivity index (χ1v) is 6.10. The van der Waals surface area contributed by atoms with Crippen molar-refractivity contribution in [2.45, 2.75) is 32.2 Å². The van der Waals surface area contributed by atoms with E-state index in [0.717, 1.165) is 25.2 Å². The van der Waals surface area contributed by atoms with Crippen LogP contribution in [0.4, 0.5) is 13.2 Å². The van der Waals surface area contributed by atoms with Crippen molar-refractivity contribution in [3.8, 4) is 5.75 Å². The Labute approximate surface area is 104 Å².